The summed E-state index contributed by atoms with van der Waals surface area (Å²) in [6, 6.07) is 11.2. The number of aromatic nitrogens is 1. The number of carbonyl (C=O) groups is 3. The van der Waals surface area contributed by atoms with Gasteiger partial charge in [0, 0.05) is 19.6 Å². The van der Waals surface area contributed by atoms with Crippen LogP contribution in [-0.4, -0.2) is 51.1 Å². The molecule has 2 aliphatic heterocycles. The van der Waals surface area contributed by atoms with Gasteiger partial charge in [-0.3, -0.25) is 14.4 Å². The quantitative estimate of drug-likeness (QED) is 0.482. The van der Waals surface area contributed by atoms with Crippen LogP contribution in [0.15, 0.2) is 48.0 Å². The number of hydrogen-bond acceptors (Lipinski definition) is 5. The molecule has 0 spiro atoms. The molecule has 198 valence electrons. The van der Waals surface area contributed by atoms with E-state index in [1.807, 2.05) is 50.5 Å². The minimum Gasteiger partial charge on any atom is -0.350 e. The number of rotatable bonds is 7. The van der Waals surface area contributed by atoms with Crippen molar-refractivity contribution in [1.29, 1.82) is 0 Å². The summed E-state index contributed by atoms with van der Waals surface area (Å²) in [7, 11) is 0. The number of thiazole rings is 1. The van der Waals surface area contributed by atoms with Crippen molar-refractivity contribution in [2.75, 3.05) is 6.54 Å². The van der Waals surface area contributed by atoms with Crippen molar-refractivity contribution in [3.8, 4) is 10.4 Å². The SMILES string of the molecule is Cc1ncsc1-c1ccc(CNC(=O)[C@@H]2CCCN2C(=O)[C@H](C(C)C)N2Cc3cccc(F)c3C2=O)cc1. The Balaban J connectivity index is 1.26. The Morgan fingerprint density at radius 2 is 1.95 bits per heavy atom. The topological polar surface area (TPSA) is 82.6 Å². The third-order valence-corrected chi connectivity index (χ3v) is 8.38. The van der Waals surface area contributed by atoms with Crippen molar-refractivity contribution >= 4 is 29.1 Å². The number of halogens is 1. The first-order valence-electron chi connectivity index (χ1n) is 12.9. The molecule has 1 saturated heterocycles. The summed E-state index contributed by atoms with van der Waals surface area (Å²) in [5.74, 6) is -1.71. The van der Waals surface area contributed by atoms with Crippen molar-refractivity contribution < 1.29 is 18.8 Å². The first-order chi connectivity index (χ1) is 18.3. The monoisotopic (exact) mass is 534 g/mol. The molecule has 0 aliphatic carbocycles. The number of fused-ring (bicyclic) bond motifs is 1. The molecule has 1 N–H and O–H groups in total. The maximum atomic E-state index is 14.4. The number of likely N-dealkylation sites (tertiary alicyclic amines) is 1. The van der Waals surface area contributed by atoms with Gasteiger partial charge in [0.25, 0.3) is 5.91 Å². The van der Waals surface area contributed by atoms with Gasteiger partial charge in [-0.05, 0) is 48.4 Å². The predicted octanol–water partition coefficient (Wildman–Crippen LogP) is 4.55. The molecule has 1 aromatic heterocycles. The Labute approximate surface area is 225 Å². The van der Waals surface area contributed by atoms with Crippen LogP contribution in [0, 0.1) is 18.7 Å². The number of benzene rings is 2. The zero-order valence-corrected chi connectivity index (χ0v) is 22.6. The van der Waals surface area contributed by atoms with E-state index in [-0.39, 0.29) is 29.8 Å². The fourth-order valence-corrected chi connectivity index (χ4v) is 6.29. The van der Waals surface area contributed by atoms with Gasteiger partial charge in [-0.25, -0.2) is 9.37 Å². The molecule has 3 heterocycles. The van der Waals surface area contributed by atoms with Crippen LogP contribution in [0.25, 0.3) is 10.4 Å². The molecule has 5 rings (SSSR count). The molecule has 2 atom stereocenters. The van der Waals surface area contributed by atoms with E-state index in [0.29, 0.717) is 31.5 Å². The zero-order chi connectivity index (χ0) is 27.0. The molecule has 2 aliphatic rings. The normalized spacial score (nSPS) is 17.7. The van der Waals surface area contributed by atoms with Gasteiger partial charge in [0.1, 0.15) is 17.9 Å². The van der Waals surface area contributed by atoms with Crippen LogP contribution in [0.1, 0.15) is 53.9 Å². The lowest BCUT2D eigenvalue weighted by Crippen LogP contribution is -2.55. The zero-order valence-electron chi connectivity index (χ0n) is 21.7. The molecule has 0 unspecified atom stereocenters. The molecule has 38 heavy (non-hydrogen) atoms. The van der Waals surface area contributed by atoms with Crippen LogP contribution >= 0.6 is 11.3 Å². The standard InChI is InChI=1S/C29H31FN4O3S/c1-17(2)25(34-15-21-6-4-7-22(30)24(21)28(34)36)29(37)33-13-5-8-23(33)27(35)31-14-19-9-11-20(12-10-19)26-18(3)32-16-38-26/h4,6-7,9-12,16-17,23,25H,5,8,13-15H2,1-3H3,(H,31,35)/t23-,25-/m0/s1. The summed E-state index contributed by atoms with van der Waals surface area (Å²) in [4.78, 5) is 48.6. The largest absolute Gasteiger partial charge is 0.350 e. The molecule has 3 aromatic rings. The van der Waals surface area contributed by atoms with E-state index in [9.17, 15) is 18.8 Å². The van der Waals surface area contributed by atoms with Gasteiger partial charge in [0.15, 0.2) is 0 Å². The summed E-state index contributed by atoms with van der Waals surface area (Å²) in [5, 5.41) is 2.99. The average molecular weight is 535 g/mol. The highest BCUT2D eigenvalue weighted by Crippen LogP contribution is 2.31. The van der Waals surface area contributed by atoms with E-state index in [1.165, 1.54) is 11.0 Å². The molecule has 0 saturated carbocycles. The molecular weight excluding hydrogens is 503 g/mol. The fourth-order valence-electron chi connectivity index (χ4n) is 5.47. The highest BCUT2D eigenvalue weighted by atomic mass is 32.1. The number of aryl methyl sites for hydroxylation is 1. The van der Waals surface area contributed by atoms with Gasteiger partial charge < -0.3 is 15.1 Å². The van der Waals surface area contributed by atoms with Crippen LogP contribution in [0.2, 0.25) is 0 Å². The van der Waals surface area contributed by atoms with Gasteiger partial charge in [-0.15, -0.1) is 11.3 Å². The van der Waals surface area contributed by atoms with Crippen LogP contribution < -0.4 is 5.32 Å². The maximum absolute atomic E-state index is 14.4. The Morgan fingerprint density at radius 3 is 2.61 bits per heavy atom. The van der Waals surface area contributed by atoms with Crippen molar-refractivity contribution in [2.45, 2.75) is 58.8 Å². The lowest BCUT2D eigenvalue weighted by Gasteiger charge is -2.35. The van der Waals surface area contributed by atoms with Gasteiger partial charge in [0.2, 0.25) is 11.8 Å². The van der Waals surface area contributed by atoms with Crippen molar-refractivity contribution in [3.05, 3.63) is 76.2 Å². The number of nitrogens with zero attached hydrogens (tertiary/aromatic N) is 3. The van der Waals surface area contributed by atoms with Crippen LogP contribution in [0.4, 0.5) is 4.39 Å². The Morgan fingerprint density at radius 1 is 1.18 bits per heavy atom. The van der Waals surface area contributed by atoms with Crippen molar-refractivity contribution in [3.63, 3.8) is 0 Å². The van der Waals surface area contributed by atoms with Crippen LogP contribution in [0.5, 0.6) is 0 Å². The lowest BCUT2D eigenvalue weighted by molar-refractivity contribution is -0.143. The number of nitrogens with one attached hydrogen (secondary N) is 1. The molecule has 0 bridgehead atoms. The summed E-state index contributed by atoms with van der Waals surface area (Å²) >= 11 is 1.60. The summed E-state index contributed by atoms with van der Waals surface area (Å²) in [5.41, 5.74) is 5.49. The minimum absolute atomic E-state index is 0.0400. The van der Waals surface area contributed by atoms with Gasteiger partial charge in [0.05, 0.1) is 21.6 Å². The second-order valence-corrected chi connectivity index (χ2v) is 11.1. The van der Waals surface area contributed by atoms with Gasteiger partial charge in [-0.1, -0.05) is 50.2 Å². The van der Waals surface area contributed by atoms with Crippen molar-refractivity contribution in [1.82, 2.24) is 20.1 Å². The fraction of sp³-hybridized carbons (Fsp3) is 0.379. The molecule has 9 heteroatoms. The highest BCUT2D eigenvalue weighted by molar-refractivity contribution is 7.13. The number of hydrogen-bond donors (Lipinski definition) is 1. The highest BCUT2D eigenvalue weighted by Gasteiger charge is 2.44. The summed E-state index contributed by atoms with van der Waals surface area (Å²) < 4.78 is 14.4. The van der Waals surface area contributed by atoms with E-state index in [0.717, 1.165) is 21.7 Å². The number of amides is 3. The van der Waals surface area contributed by atoms with Gasteiger partial charge in [-0.2, -0.15) is 0 Å². The molecule has 3 amide bonds. The van der Waals surface area contributed by atoms with Gasteiger partial charge >= 0.3 is 0 Å². The first-order valence-corrected chi connectivity index (χ1v) is 13.8. The summed E-state index contributed by atoms with van der Waals surface area (Å²) in [6.07, 6.45) is 1.27. The lowest BCUT2D eigenvalue weighted by atomic mass is 10.0. The Bertz CT molecular complexity index is 1370. The molecule has 1 fully saturated rings. The second kappa shape index (κ2) is 10.6. The predicted molar refractivity (Wildman–Crippen MR) is 144 cm³/mol. The molecule has 0 radical (unpaired) electrons. The van der Waals surface area contributed by atoms with Crippen LogP contribution in [0.3, 0.4) is 0 Å². The Hall–Kier alpha value is -3.59. The molecule has 2 aromatic carbocycles. The van der Waals surface area contributed by atoms with E-state index in [4.69, 9.17) is 0 Å². The third-order valence-electron chi connectivity index (χ3n) is 7.40. The van der Waals surface area contributed by atoms with E-state index in [2.05, 4.69) is 10.3 Å². The molecular formula is C29H31FN4O3S. The Kier molecular flexibility index (Phi) is 7.29. The first kappa shape index (κ1) is 26.0. The summed E-state index contributed by atoms with van der Waals surface area (Å²) in [6.45, 7) is 6.71. The van der Waals surface area contributed by atoms with E-state index >= 15 is 0 Å². The minimum atomic E-state index is -0.773. The maximum Gasteiger partial charge on any atom is 0.258 e. The van der Waals surface area contributed by atoms with E-state index in [1.54, 1.807) is 28.4 Å². The third kappa shape index (κ3) is 4.82. The van der Waals surface area contributed by atoms with E-state index < -0.39 is 23.8 Å². The average Bonchev–Trinajstić information content (AvgIpc) is 3.63. The van der Waals surface area contributed by atoms with Crippen molar-refractivity contribution in [2.24, 2.45) is 5.92 Å². The number of carbonyl (C=O) groups excluding carboxylic acids is 3. The van der Waals surface area contributed by atoms with Crippen LogP contribution in [-0.2, 0) is 22.7 Å². The molecule has 7 nitrogen and oxygen atoms in total. The second-order valence-electron chi connectivity index (χ2n) is 10.3. The smallest absolute Gasteiger partial charge is 0.258 e.